The van der Waals surface area contributed by atoms with Crippen molar-refractivity contribution in [2.24, 2.45) is 0 Å². The summed E-state index contributed by atoms with van der Waals surface area (Å²) in [6, 6.07) is 0. The first-order chi connectivity index (χ1) is 8.19. The van der Waals surface area contributed by atoms with Gasteiger partial charge in [0.15, 0.2) is 10.9 Å². The van der Waals surface area contributed by atoms with Crippen LogP contribution in [0.25, 0.3) is 0 Å². The molecule has 5 nitrogen and oxygen atoms in total. The molecule has 0 saturated heterocycles. The Morgan fingerprint density at radius 2 is 2.41 bits per heavy atom. The second kappa shape index (κ2) is 5.09. The summed E-state index contributed by atoms with van der Waals surface area (Å²) >= 11 is 1.35. The van der Waals surface area contributed by atoms with Gasteiger partial charge in [0, 0.05) is 18.1 Å². The summed E-state index contributed by atoms with van der Waals surface area (Å²) in [5.74, 6) is 0.0256. The molecule has 2 rings (SSSR count). The number of carbonyl (C=O) groups is 1. The fourth-order valence-corrected chi connectivity index (χ4v) is 2.09. The summed E-state index contributed by atoms with van der Waals surface area (Å²) < 4.78 is 1.78. The van der Waals surface area contributed by atoms with Crippen molar-refractivity contribution in [3.05, 3.63) is 29.0 Å². The van der Waals surface area contributed by atoms with Crippen LogP contribution in [0.5, 0.6) is 0 Å². The number of Topliss-reactive ketones (excluding diaryl/α,β-unsaturated/α-hetero) is 1. The molecule has 0 amide bonds. The van der Waals surface area contributed by atoms with Crippen LogP contribution >= 0.6 is 11.3 Å². The molecule has 2 aromatic heterocycles. The zero-order valence-electron chi connectivity index (χ0n) is 9.59. The van der Waals surface area contributed by atoms with E-state index in [0.29, 0.717) is 10.7 Å². The second-order valence-electron chi connectivity index (χ2n) is 3.77. The highest BCUT2D eigenvalue weighted by molar-refractivity contribution is 7.13. The summed E-state index contributed by atoms with van der Waals surface area (Å²) in [6.07, 6.45) is 4.67. The standard InChI is InChI=1S/C11H14N4OS/c1-2-3-15-6-8(5-13-15)10(16)4-9-7-17-11(12)14-9/h5-7H,2-4H2,1H3,(H2,12,14). The lowest BCUT2D eigenvalue weighted by atomic mass is 10.1. The summed E-state index contributed by atoms with van der Waals surface area (Å²) in [5.41, 5.74) is 6.87. The van der Waals surface area contributed by atoms with Gasteiger partial charge in [0.05, 0.1) is 23.9 Å². The molecule has 2 aromatic rings. The lowest BCUT2D eigenvalue weighted by Gasteiger charge is -1.95. The first-order valence-electron chi connectivity index (χ1n) is 5.44. The van der Waals surface area contributed by atoms with Gasteiger partial charge in [-0.25, -0.2) is 4.98 Å². The van der Waals surface area contributed by atoms with Gasteiger partial charge in [0.1, 0.15) is 0 Å². The average molecular weight is 250 g/mol. The Labute approximate surface area is 103 Å². The zero-order chi connectivity index (χ0) is 12.3. The summed E-state index contributed by atoms with van der Waals surface area (Å²) in [4.78, 5) is 16.0. The van der Waals surface area contributed by atoms with E-state index in [-0.39, 0.29) is 12.2 Å². The van der Waals surface area contributed by atoms with E-state index in [0.717, 1.165) is 18.7 Å². The van der Waals surface area contributed by atoms with Crippen LogP contribution in [-0.2, 0) is 13.0 Å². The summed E-state index contributed by atoms with van der Waals surface area (Å²) in [6.45, 7) is 2.90. The number of anilines is 1. The Bertz CT molecular complexity index is 517. The third kappa shape index (κ3) is 2.91. The molecule has 2 heterocycles. The normalized spacial score (nSPS) is 10.6. The van der Waals surface area contributed by atoms with Crippen molar-refractivity contribution in [1.82, 2.24) is 14.8 Å². The van der Waals surface area contributed by atoms with Crippen LogP contribution in [0.15, 0.2) is 17.8 Å². The number of aryl methyl sites for hydroxylation is 1. The zero-order valence-corrected chi connectivity index (χ0v) is 10.4. The minimum Gasteiger partial charge on any atom is -0.375 e. The van der Waals surface area contributed by atoms with E-state index >= 15 is 0 Å². The smallest absolute Gasteiger partial charge is 0.180 e. The van der Waals surface area contributed by atoms with Crippen molar-refractivity contribution < 1.29 is 4.79 Å². The molecule has 0 aliphatic heterocycles. The molecule has 0 bridgehead atoms. The van der Waals surface area contributed by atoms with Gasteiger partial charge in [-0.2, -0.15) is 5.10 Å². The number of hydrogen-bond donors (Lipinski definition) is 1. The van der Waals surface area contributed by atoms with E-state index in [1.165, 1.54) is 11.3 Å². The molecule has 0 saturated carbocycles. The number of ketones is 1. The van der Waals surface area contributed by atoms with Crippen molar-refractivity contribution in [1.29, 1.82) is 0 Å². The third-order valence-corrected chi connectivity index (χ3v) is 3.04. The highest BCUT2D eigenvalue weighted by Crippen LogP contribution is 2.13. The molecule has 0 aliphatic carbocycles. The van der Waals surface area contributed by atoms with E-state index in [9.17, 15) is 4.79 Å². The highest BCUT2D eigenvalue weighted by atomic mass is 32.1. The van der Waals surface area contributed by atoms with E-state index < -0.39 is 0 Å². The van der Waals surface area contributed by atoms with Crippen LogP contribution in [-0.4, -0.2) is 20.5 Å². The van der Waals surface area contributed by atoms with Gasteiger partial charge in [-0.3, -0.25) is 9.48 Å². The van der Waals surface area contributed by atoms with E-state index in [4.69, 9.17) is 5.73 Å². The van der Waals surface area contributed by atoms with Crippen LogP contribution in [0.1, 0.15) is 29.4 Å². The molecule has 0 spiro atoms. The molecule has 2 N–H and O–H groups in total. The SMILES string of the molecule is CCCn1cc(C(=O)Cc2csc(N)n2)cn1. The van der Waals surface area contributed by atoms with E-state index in [2.05, 4.69) is 17.0 Å². The maximum atomic E-state index is 11.9. The number of rotatable bonds is 5. The number of nitrogens with two attached hydrogens (primary N) is 1. The molecular weight excluding hydrogens is 236 g/mol. The number of nitrogens with zero attached hydrogens (tertiary/aromatic N) is 3. The van der Waals surface area contributed by atoms with Gasteiger partial charge < -0.3 is 5.73 Å². The molecule has 0 aromatic carbocycles. The highest BCUT2D eigenvalue weighted by Gasteiger charge is 2.11. The molecule has 0 unspecified atom stereocenters. The van der Waals surface area contributed by atoms with Crippen LogP contribution in [0.2, 0.25) is 0 Å². The van der Waals surface area contributed by atoms with Crippen molar-refractivity contribution in [3.8, 4) is 0 Å². The monoisotopic (exact) mass is 250 g/mol. The van der Waals surface area contributed by atoms with Gasteiger partial charge in [-0.1, -0.05) is 6.92 Å². The Kier molecular flexibility index (Phi) is 3.53. The molecule has 17 heavy (non-hydrogen) atoms. The molecule has 90 valence electrons. The van der Waals surface area contributed by atoms with Crippen molar-refractivity contribution >= 4 is 22.3 Å². The molecule has 0 fully saturated rings. The molecule has 0 aliphatic rings. The number of carbonyl (C=O) groups excluding carboxylic acids is 1. The molecular formula is C11H14N4OS. The van der Waals surface area contributed by atoms with Crippen LogP contribution in [0, 0.1) is 0 Å². The Hall–Kier alpha value is -1.69. The lowest BCUT2D eigenvalue weighted by molar-refractivity contribution is 0.0992. The number of nitrogen functional groups attached to an aromatic ring is 1. The predicted molar refractivity (Wildman–Crippen MR) is 67.1 cm³/mol. The topological polar surface area (TPSA) is 73.8 Å². The molecule has 0 atom stereocenters. The minimum atomic E-state index is 0.0256. The van der Waals surface area contributed by atoms with E-state index in [1.807, 2.05) is 5.38 Å². The first kappa shape index (κ1) is 11.8. The van der Waals surface area contributed by atoms with Gasteiger partial charge >= 0.3 is 0 Å². The fraction of sp³-hybridized carbons (Fsp3) is 0.364. The number of aromatic nitrogens is 3. The van der Waals surface area contributed by atoms with E-state index in [1.54, 1.807) is 17.1 Å². The quantitative estimate of drug-likeness (QED) is 0.820. The maximum Gasteiger partial charge on any atom is 0.180 e. The van der Waals surface area contributed by atoms with Gasteiger partial charge in [0.25, 0.3) is 0 Å². The van der Waals surface area contributed by atoms with Crippen LogP contribution in [0.4, 0.5) is 5.13 Å². The van der Waals surface area contributed by atoms with Gasteiger partial charge in [-0.15, -0.1) is 11.3 Å². The van der Waals surface area contributed by atoms with Crippen LogP contribution in [0.3, 0.4) is 0 Å². The molecule has 6 heteroatoms. The lowest BCUT2D eigenvalue weighted by Crippen LogP contribution is -2.03. The fourth-order valence-electron chi connectivity index (χ4n) is 1.53. The number of thiazole rings is 1. The molecule has 0 radical (unpaired) electrons. The Balaban J connectivity index is 2.03. The first-order valence-corrected chi connectivity index (χ1v) is 6.32. The maximum absolute atomic E-state index is 11.9. The van der Waals surface area contributed by atoms with Crippen LogP contribution < -0.4 is 5.73 Å². The average Bonchev–Trinajstić information content (AvgIpc) is 2.88. The summed E-state index contributed by atoms with van der Waals surface area (Å²) in [7, 11) is 0. The predicted octanol–water partition coefficient (Wildman–Crippen LogP) is 1.76. The number of hydrogen-bond acceptors (Lipinski definition) is 5. The van der Waals surface area contributed by atoms with Gasteiger partial charge in [0.2, 0.25) is 0 Å². The van der Waals surface area contributed by atoms with Crippen molar-refractivity contribution in [2.45, 2.75) is 26.3 Å². The second-order valence-corrected chi connectivity index (χ2v) is 4.66. The van der Waals surface area contributed by atoms with Crippen molar-refractivity contribution in [3.63, 3.8) is 0 Å². The Morgan fingerprint density at radius 1 is 1.59 bits per heavy atom. The Morgan fingerprint density at radius 3 is 3.06 bits per heavy atom. The largest absolute Gasteiger partial charge is 0.375 e. The third-order valence-electron chi connectivity index (χ3n) is 2.32. The summed E-state index contributed by atoms with van der Waals surface area (Å²) in [5, 5.41) is 6.43. The van der Waals surface area contributed by atoms with Crippen molar-refractivity contribution in [2.75, 3.05) is 5.73 Å². The minimum absolute atomic E-state index is 0.0256. The van der Waals surface area contributed by atoms with Gasteiger partial charge in [-0.05, 0) is 6.42 Å².